The zero-order chi connectivity index (χ0) is 17.5. The summed E-state index contributed by atoms with van der Waals surface area (Å²) in [5.41, 5.74) is 1.59. The summed E-state index contributed by atoms with van der Waals surface area (Å²) in [5.74, 6) is 1.51. The number of hydrogen-bond donors (Lipinski definition) is 1. The van der Waals surface area contributed by atoms with Gasteiger partial charge in [0.2, 0.25) is 0 Å². The Labute approximate surface area is 147 Å². The molecule has 0 aliphatic carbocycles. The molecule has 0 saturated carbocycles. The molecule has 1 aliphatic heterocycles. The monoisotopic (exact) mass is 341 g/mol. The average Bonchev–Trinajstić information content (AvgIpc) is 2.69. The van der Waals surface area contributed by atoms with Gasteiger partial charge in [-0.2, -0.15) is 0 Å². The molecule has 6 nitrogen and oxygen atoms in total. The molecule has 2 heterocycles. The Kier molecular flexibility index (Phi) is 5.85. The Hall–Kier alpha value is -2.60. The number of carbonyl (C=O) groups excluding carboxylic acids is 1. The van der Waals surface area contributed by atoms with Crippen molar-refractivity contribution in [2.24, 2.45) is 0 Å². The van der Waals surface area contributed by atoms with E-state index in [-0.39, 0.29) is 5.91 Å². The van der Waals surface area contributed by atoms with Crippen molar-refractivity contribution in [3.05, 3.63) is 53.7 Å². The van der Waals surface area contributed by atoms with E-state index in [9.17, 15) is 4.79 Å². The third-order valence-corrected chi connectivity index (χ3v) is 4.16. The summed E-state index contributed by atoms with van der Waals surface area (Å²) in [7, 11) is 1.65. The Bertz CT molecular complexity index is 697. The summed E-state index contributed by atoms with van der Waals surface area (Å²) < 4.78 is 10.5. The summed E-state index contributed by atoms with van der Waals surface area (Å²) in [5, 5.41) is 2.93. The molecule has 3 rings (SSSR count). The molecular weight excluding hydrogens is 318 g/mol. The van der Waals surface area contributed by atoms with Gasteiger partial charge in [0.15, 0.2) is 0 Å². The molecule has 132 valence electrons. The maximum atomic E-state index is 12.3. The number of benzene rings is 1. The number of methoxy groups -OCH3 is 1. The zero-order valence-corrected chi connectivity index (χ0v) is 14.4. The minimum atomic E-state index is -0.149. The molecule has 1 aliphatic rings. The van der Waals surface area contributed by atoms with Crippen LogP contribution in [0.25, 0.3) is 0 Å². The van der Waals surface area contributed by atoms with Crippen molar-refractivity contribution in [1.29, 1.82) is 0 Å². The number of carbonyl (C=O) groups is 1. The highest BCUT2D eigenvalue weighted by atomic mass is 16.5. The van der Waals surface area contributed by atoms with Crippen molar-refractivity contribution in [2.75, 3.05) is 44.9 Å². The number of anilines is 1. The van der Waals surface area contributed by atoms with Gasteiger partial charge < -0.3 is 19.7 Å². The van der Waals surface area contributed by atoms with Gasteiger partial charge in [0, 0.05) is 19.6 Å². The van der Waals surface area contributed by atoms with E-state index in [1.54, 1.807) is 13.2 Å². The van der Waals surface area contributed by atoms with Gasteiger partial charge in [0.1, 0.15) is 17.3 Å². The number of amides is 1. The maximum absolute atomic E-state index is 12.3. The molecule has 6 heteroatoms. The largest absolute Gasteiger partial charge is 0.497 e. The van der Waals surface area contributed by atoms with Gasteiger partial charge >= 0.3 is 0 Å². The third-order valence-electron chi connectivity index (χ3n) is 4.16. The van der Waals surface area contributed by atoms with E-state index >= 15 is 0 Å². The fraction of sp³-hybridized carbons (Fsp3) is 0.368. The van der Waals surface area contributed by atoms with Gasteiger partial charge in [-0.3, -0.25) is 4.79 Å². The lowest BCUT2D eigenvalue weighted by Crippen LogP contribution is -2.37. The van der Waals surface area contributed by atoms with Crippen LogP contribution in [0.1, 0.15) is 16.1 Å². The van der Waals surface area contributed by atoms with E-state index < -0.39 is 0 Å². The number of aromatic nitrogens is 1. The second-order valence-electron chi connectivity index (χ2n) is 5.83. The Balaban J connectivity index is 1.53. The van der Waals surface area contributed by atoms with Crippen LogP contribution in [0, 0.1) is 0 Å². The molecular formula is C19H23N3O3. The number of ether oxygens (including phenoxy) is 2. The first-order chi connectivity index (χ1) is 12.3. The standard InChI is InChI=1S/C19H23N3O3/c1-24-16-7-5-15(6-8-16)9-10-20-19(23)17-3-2-4-18(21-17)22-11-13-25-14-12-22/h2-8H,9-14H2,1H3,(H,20,23). The van der Waals surface area contributed by atoms with Crippen LogP contribution in [0.15, 0.2) is 42.5 Å². The van der Waals surface area contributed by atoms with Gasteiger partial charge in [0.05, 0.1) is 20.3 Å². The van der Waals surface area contributed by atoms with Crippen molar-refractivity contribution >= 4 is 11.7 Å². The molecule has 0 spiro atoms. The van der Waals surface area contributed by atoms with Crippen LogP contribution in [-0.2, 0) is 11.2 Å². The fourth-order valence-corrected chi connectivity index (χ4v) is 2.72. The Morgan fingerprint density at radius 1 is 1.20 bits per heavy atom. The smallest absolute Gasteiger partial charge is 0.269 e. The van der Waals surface area contributed by atoms with Gasteiger partial charge in [-0.15, -0.1) is 0 Å². The molecule has 1 amide bonds. The van der Waals surface area contributed by atoms with Gasteiger partial charge in [-0.25, -0.2) is 4.98 Å². The molecule has 0 radical (unpaired) electrons. The van der Waals surface area contributed by atoms with Crippen molar-refractivity contribution < 1.29 is 14.3 Å². The predicted molar refractivity (Wildman–Crippen MR) is 96.3 cm³/mol. The number of rotatable bonds is 6. The highest BCUT2D eigenvalue weighted by Crippen LogP contribution is 2.14. The highest BCUT2D eigenvalue weighted by Gasteiger charge is 2.14. The normalized spacial score (nSPS) is 14.2. The van der Waals surface area contributed by atoms with Crippen molar-refractivity contribution in [1.82, 2.24) is 10.3 Å². The van der Waals surface area contributed by atoms with E-state index in [0.29, 0.717) is 25.5 Å². The van der Waals surface area contributed by atoms with E-state index in [1.165, 1.54) is 0 Å². The quantitative estimate of drug-likeness (QED) is 0.869. The molecule has 25 heavy (non-hydrogen) atoms. The first-order valence-corrected chi connectivity index (χ1v) is 8.47. The third kappa shape index (κ3) is 4.70. The van der Waals surface area contributed by atoms with Crippen molar-refractivity contribution in [3.8, 4) is 5.75 Å². The molecule has 0 unspecified atom stereocenters. The summed E-state index contributed by atoms with van der Waals surface area (Å²) in [6.07, 6.45) is 0.763. The van der Waals surface area contributed by atoms with E-state index in [4.69, 9.17) is 9.47 Å². The van der Waals surface area contributed by atoms with E-state index in [2.05, 4.69) is 15.2 Å². The molecule has 1 aromatic carbocycles. The first kappa shape index (κ1) is 17.2. The summed E-state index contributed by atoms with van der Waals surface area (Å²) in [6.45, 7) is 3.56. The number of nitrogens with one attached hydrogen (secondary N) is 1. The number of hydrogen-bond acceptors (Lipinski definition) is 5. The van der Waals surface area contributed by atoms with Crippen molar-refractivity contribution in [3.63, 3.8) is 0 Å². The molecule has 1 aromatic heterocycles. The number of pyridine rings is 1. The first-order valence-electron chi connectivity index (χ1n) is 8.47. The lowest BCUT2D eigenvalue weighted by molar-refractivity contribution is 0.0949. The van der Waals surface area contributed by atoms with Crippen LogP contribution in [0.3, 0.4) is 0 Å². The summed E-state index contributed by atoms with van der Waals surface area (Å²) in [6, 6.07) is 13.4. The molecule has 1 saturated heterocycles. The number of morpholine rings is 1. The van der Waals surface area contributed by atoms with Crippen LogP contribution in [0.4, 0.5) is 5.82 Å². The van der Waals surface area contributed by atoms with Crippen LogP contribution < -0.4 is 15.0 Å². The fourth-order valence-electron chi connectivity index (χ4n) is 2.72. The molecule has 1 N–H and O–H groups in total. The van der Waals surface area contributed by atoms with Crippen LogP contribution in [-0.4, -0.2) is 50.8 Å². The maximum Gasteiger partial charge on any atom is 0.269 e. The Morgan fingerprint density at radius 2 is 1.96 bits per heavy atom. The summed E-state index contributed by atoms with van der Waals surface area (Å²) >= 11 is 0. The lowest BCUT2D eigenvalue weighted by atomic mass is 10.1. The molecule has 2 aromatic rings. The Morgan fingerprint density at radius 3 is 2.68 bits per heavy atom. The minimum Gasteiger partial charge on any atom is -0.497 e. The van der Waals surface area contributed by atoms with Crippen LogP contribution >= 0.6 is 0 Å². The summed E-state index contributed by atoms with van der Waals surface area (Å²) in [4.78, 5) is 19.0. The molecule has 1 fully saturated rings. The predicted octanol–water partition coefficient (Wildman–Crippen LogP) is 1.90. The zero-order valence-electron chi connectivity index (χ0n) is 14.4. The van der Waals surface area contributed by atoms with Gasteiger partial charge in [-0.05, 0) is 36.2 Å². The van der Waals surface area contributed by atoms with E-state index in [1.807, 2.05) is 36.4 Å². The average molecular weight is 341 g/mol. The van der Waals surface area contributed by atoms with Gasteiger partial charge in [0.25, 0.3) is 5.91 Å². The number of nitrogens with zero attached hydrogens (tertiary/aromatic N) is 2. The van der Waals surface area contributed by atoms with Gasteiger partial charge in [-0.1, -0.05) is 18.2 Å². The van der Waals surface area contributed by atoms with E-state index in [0.717, 1.165) is 36.6 Å². The topological polar surface area (TPSA) is 63.7 Å². The highest BCUT2D eigenvalue weighted by molar-refractivity contribution is 5.92. The second kappa shape index (κ2) is 8.48. The van der Waals surface area contributed by atoms with Crippen molar-refractivity contribution in [2.45, 2.75) is 6.42 Å². The van der Waals surface area contributed by atoms with Crippen LogP contribution in [0.2, 0.25) is 0 Å². The molecule has 0 atom stereocenters. The lowest BCUT2D eigenvalue weighted by Gasteiger charge is -2.27. The SMILES string of the molecule is COc1ccc(CCNC(=O)c2cccc(N3CCOCC3)n2)cc1. The minimum absolute atomic E-state index is 0.149. The second-order valence-corrected chi connectivity index (χ2v) is 5.83. The molecule has 0 bridgehead atoms. The van der Waals surface area contributed by atoms with Crippen LogP contribution in [0.5, 0.6) is 5.75 Å².